The van der Waals surface area contributed by atoms with E-state index in [0.29, 0.717) is 59.3 Å². The maximum absolute atomic E-state index is 14.3. The normalized spacial score (nSPS) is 16.2. The van der Waals surface area contributed by atoms with Crippen LogP contribution in [0, 0.1) is 5.82 Å². The summed E-state index contributed by atoms with van der Waals surface area (Å²) in [5, 5.41) is 8.01. The molecule has 0 aliphatic carbocycles. The first-order valence-corrected chi connectivity index (χ1v) is 14.7. The molecule has 0 bridgehead atoms. The fraction of sp³-hybridized carbons (Fsp3) is 0.250. The maximum atomic E-state index is 14.3. The third kappa shape index (κ3) is 5.77. The van der Waals surface area contributed by atoms with Crippen LogP contribution in [0.15, 0.2) is 73.2 Å². The number of amides is 3. The molecule has 2 aromatic carbocycles. The first-order chi connectivity index (χ1) is 21.9. The summed E-state index contributed by atoms with van der Waals surface area (Å²) in [7, 11) is 0. The van der Waals surface area contributed by atoms with Crippen LogP contribution in [0.3, 0.4) is 0 Å². The Balaban J connectivity index is 1.09. The van der Waals surface area contributed by atoms with Crippen LogP contribution in [0.2, 0.25) is 0 Å². The van der Waals surface area contributed by atoms with Crippen molar-refractivity contribution in [3.8, 4) is 22.8 Å². The van der Waals surface area contributed by atoms with Crippen molar-refractivity contribution in [1.82, 2.24) is 34.9 Å². The number of anilines is 2. The Kier molecular flexibility index (Phi) is 7.51. The monoisotopic (exact) mass is 607 g/mol. The Labute approximate surface area is 257 Å². The Morgan fingerprint density at radius 3 is 2.47 bits per heavy atom. The first kappa shape index (κ1) is 28.3. The van der Waals surface area contributed by atoms with Crippen LogP contribution in [-0.2, 0) is 11.3 Å². The van der Waals surface area contributed by atoms with Gasteiger partial charge < -0.3 is 10.5 Å². The zero-order valence-electron chi connectivity index (χ0n) is 24.3. The minimum absolute atomic E-state index is 0.0523. The third-order valence-electron chi connectivity index (χ3n) is 8.14. The molecule has 2 fully saturated rings. The summed E-state index contributed by atoms with van der Waals surface area (Å²) in [6.07, 6.45) is 4.23. The van der Waals surface area contributed by atoms with Crippen molar-refractivity contribution in [2.75, 3.05) is 30.3 Å². The predicted octanol–water partition coefficient (Wildman–Crippen LogP) is 4.69. The Hall–Kier alpha value is -5.43. The van der Waals surface area contributed by atoms with Gasteiger partial charge >= 0.3 is 6.03 Å². The molecule has 5 heterocycles. The molecule has 0 atom stereocenters. The number of nitrogens with zero attached hydrogens (tertiary/aromatic N) is 7. The predicted molar refractivity (Wildman–Crippen MR) is 165 cm³/mol. The van der Waals surface area contributed by atoms with Gasteiger partial charge in [-0.3, -0.25) is 19.9 Å². The highest BCUT2D eigenvalue weighted by Crippen LogP contribution is 2.35. The van der Waals surface area contributed by atoms with Crippen LogP contribution in [0.1, 0.15) is 30.9 Å². The number of nitrogens with one attached hydrogen (secondary N) is 1. The van der Waals surface area contributed by atoms with E-state index in [2.05, 4.69) is 25.2 Å². The lowest BCUT2D eigenvalue weighted by molar-refractivity contribution is -0.120. The van der Waals surface area contributed by atoms with Gasteiger partial charge in [-0.15, -0.1) is 0 Å². The van der Waals surface area contributed by atoms with Gasteiger partial charge in [-0.2, -0.15) is 5.10 Å². The third-order valence-corrected chi connectivity index (χ3v) is 8.14. The number of aromatic nitrogens is 5. The van der Waals surface area contributed by atoms with E-state index in [9.17, 15) is 14.0 Å². The molecule has 3 amide bonds. The van der Waals surface area contributed by atoms with E-state index >= 15 is 0 Å². The van der Waals surface area contributed by atoms with Gasteiger partial charge in [-0.05, 0) is 55.3 Å². The van der Waals surface area contributed by atoms with Gasteiger partial charge in [0.05, 0.1) is 17.6 Å². The van der Waals surface area contributed by atoms with Crippen LogP contribution < -0.4 is 20.7 Å². The van der Waals surface area contributed by atoms with E-state index in [1.54, 1.807) is 0 Å². The van der Waals surface area contributed by atoms with Crippen molar-refractivity contribution >= 4 is 34.6 Å². The van der Waals surface area contributed by atoms with Gasteiger partial charge in [0.25, 0.3) is 0 Å². The van der Waals surface area contributed by atoms with Crippen molar-refractivity contribution < 1.29 is 18.7 Å². The maximum Gasteiger partial charge on any atom is 0.329 e. The molecule has 0 spiro atoms. The number of fused-ring (bicyclic) bond motifs is 1. The van der Waals surface area contributed by atoms with E-state index in [-0.39, 0.29) is 24.9 Å². The van der Waals surface area contributed by atoms with Crippen LogP contribution in [0.5, 0.6) is 11.5 Å². The van der Waals surface area contributed by atoms with Crippen molar-refractivity contribution in [3.05, 3.63) is 84.6 Å². The van der Waals surface area contributed by atoms with Gasteiger partial charge in [0.1, 0.15) is 41.0 Å². The number of benzene rings is 2. The summed E-state index contributed by atoms with van der Waals surface area (Å²) in [4.78, 5) is 40.7. The molecule has 13 heteroatoms. The molecule has 3 aromatic heterocycles. The number of carbonyl (C=O) groups is 2. The number of imide groups is 1. The number of rotatable bonds is 7. The second-order valence-electron chi connectivity index (χ2n) is 11.1. The molecule has 228 valence electrons. The molecular formula is C32H30FN9O3. The number of nitrogens with two attached hydrogens (primary N) is 1. The van der Waals surface area contributed by atoms with Crippen molar-refractivity contribution in [1.29, 1.82) is 0 Å². The highest BCUT2D eigenvalue weighted by molar-refractivity contribution is 6.05. The van der Waals surface area contributed by atoms with Crippen molar-refractivity contribution in [3.63, 3.8) is 0 Å². The number of pyridine rings is 1. The molecule has 12 nitrogen and oxygen atoms in total. The number of likely N-dealkylation sites (tertiary alicyclic amines) is 1. The SMILES string of the molecule is Nc1ncnc2c1c(-c1ccc(Oc3ccccc3)cc1)nn2C1CCN(Cc2cc(F)cnc2N2CCC(=O)NC2=O)CC1. The Morgan fingerprint density at radius 1 is 0.956 bits per heavy atom. The van der Waals surface area contributed by atoms with Gasteiger partial charge in [0, 0.05) is 43.7 Å². The first-order valence-electron chi connectivity index (χ1n) is 14.7. The standard InChI is InChI=1S/C32H30FN9O3/c33-22-16-21(30(35-17-22)41-15-12-26(43)38-32(41)44)18-40-13-10-23(11-14-40)42-31-27(29(34)36-19-37-31)28(39-42)20-6-8-25(9-7-20)45-24-4-2-1-3-5-24/h1-9,16-17,19,23H,10-15,18H2,(H2,34,36,37)(H,38,43,44). The molecule has 0 radical (unpaired) electrons. The molecule has 7 rings (SSSR count). The van der Waals surface area contributed by atoms with Crippen LogP contribution in [0.4, 0.5) is 20.8 Å². The highest BCUT2D eigenvalue weighted by Gasteiger charge is 2.30. The van der Waals surface area contributed by atoms with Crippen LogP contribution in [-0.4, -0.2) is 61.2 Å². The number of carbonyl (C=O) groups excluding carboxylic acids is 2. The largest absolute Gasteiger partial charge is 0.457 e. The number of para-hydroxylation sites is 1. The van der Waals surface area contributed by atoms with Gasteiger partial charge in [0.2, 0.25) is 5.91 Å². The van der Waals surface area contributed by atoms with Gasteiger partial charge in [-0.25, -0.2) is 28.8 Å². The quantitative estimate of drug-likeness (QED) is 0.269. The number of urea groups is 1. The smallest absolute Gasteiger partial charge is 0.329 e. The summed E-state index contributed by atoms with van der Waals surface area (Å²) >= 11 is 0. The highest BCUT2D eigenvalue weighted by atomic mass is 19.1. The fourth-order valence-corrected chi connectivity index (χ4v) is 5.92. The average Bonchev–Trinajstić information content (AvgIpc) is 3.44. The van der Waals surface area contributed by atoms with Crippen molar-refractivity contribution in [2.24, 2.45) is 0 Å². The molecule has 0 saturated carbocycles. The second-order valence-corrected chi connectivity index (χ2v) is 11.1. The summed E-state index contributed by atoms with van der Waals surface area (Å²) in [5.41, 5.74) is 9.18. The second kappa shape index (κ2) is 11.9. The van der Waals surface area contributed by atoms with Gasteiger partial charge in [0.15, 0.2) is 5.65 Å². The minimum atomic E-state index is -0.550. The Bertz CT molecular complexity index is 1870. The molecule has 0 unspecified atom stereocenters. The lowest BCUT2D eigenvalue weighted by Gasteiger charge is -2.33. The van der Waals surface area contributed by atoms with E-state index < -0.39 is 11.8 Å². The number of ether oxygens (including phenoxy) is 1. The molecule has 2 saturated heterocycles. The molecule has 2 aliphatic heterocycles. The lowest BCUT2D eigenvalue weighted by atomic mass is 10.0. The average molecular weight is 608 g/mol. The van der Waals surface area contributed by atoms with Crippen molar-refractivity contribution in [2.45, 2.75) is 31.8 Å². The van der Waals surface area contributed by atoms with Crippen LogP contribution >= 0.6 is 0 Å². The van der Waals surface area contributed by atoms with Crippen LogP contribution in [0.25, 0.3) is 22.3 Å². The summed E-state index contributed by atoms with van der Waals surface area (Å²) in [6.45, 7) is 2.01. The molecule has 5 aromatic rings. The topological polar surface area (TPSA) is 144 Å². The molecule has 3 N–H and O–H groups in total. The van der Waals surface area contributed by atoms with E-state index in [4.69, 9.17) is 15.6 Å². The molecular weight excluding hydrogens is 577 g/mol. The summed E-state index contributed by atoms with van der Waals surface area (Å²) in [5.74, 6) is 1.36. The van der Waals surface area contributed by atoms with E-state index in [1.807, 2.05) is 59.3 Å². The summed E-state index contributed by atoms with van der Waals surface area (Å²) in [6, 6.07) is 18.2. The summed E-state index contributed by atoms with van der Waals surface area (Å²) < 4.78 is 22.2. The van der Waals surface area contributed by atoms with E-state index in [1.165, 1.54) is 17.3 Å². The number of hydrogen-bond donors (Lipinski definition) is 2. The molecule has 45 heavy (non-hydrogen) atoms. The number of piperidine rings is 1. The zero-order chi connectivity index (χ0) is 30.9. The van der Waals surface area contributed by atoms with Gasteiger partial charge in [-0.1, -0.05) is 18.2 Å². The number of nitrogen functional groups attached to an aromatic ring is 1. The minimum Gasteiger partial charge on any atom is -0.457 e. The zero-order valence-corrected chi connectivity index (χ0v) is 24.3. The Morgan fingerprint density at radius 2 is 1.71 bits per heavy atom. The lowest BCUT2D eigenvalue weighted by Crippen LogP contribution is -2.50. The fourth-order valence-electron chi connectivity index (χ4n) is 5.92. The number of hydrogen-bond acceptors (Lipinski definition) is 9. The van der Waals surface area contributed by atoms with E-state index in [0.717, 1.165) is 30.4 Å². The number of halogens is 1. The molecule has 2 aliphatic rings.